The Morgan fingerprint density at radius 3 is 2.50 bits per heavy atom. The van der Waals surface area contributed by atoms with Crippen molar-refractivity contribution in [2.75, 3.05) is 0 Å². The molecule has 0 heterocycles. The fourth-order valence-corrected chi connectivity index (χ4v) is 2.36. The average Bonchev–Trinajstić information content (AvgIpc) is 2.41. The lowest BCUT2D eigenvalue weighted by atomic mass is 9.99. The van der Waals surface area contributed by atoms with Gasteiger partial charge in [-0.15, -0.1) is 0 Å². The van der Waals surface area contributed by atoms with Gasteiger partial charge in [-0.05, 0) is 40.0 Å². The SMILES string of the molecule is NC(Cc1cccc(F)c1F)c1ccc(Br)c(Cl)c1F. The average molecular weight is 365 g/mol. The van der Waals surface area contributed by atoms with Crippen LogP contribution in [-0.2, 0) is 6.42 Å². The maximum absolute atomic E-state index is 14.0. The number of rotatable bonds is 3. The maximum Gasteiger partial charge on any atom is 0.162 e. The molecule has 0 aliphatic heterocycles. The summed E-state index contributed by atoms with van der Waals surface area (Å²) in [4.78, 5) is 0. The number of hydrogen-bond acceptors (Lipinski definition) is 1. The third-order valence-corrected chi connectivity index (χ3v) is 4.19. The van der Waals surface area contributed by atoms with Crippen LogP contribution in [0.25, 0.3) is 0 Å². The van der Waals surface area contributed by atoms with E-state index in [0.29, 0.717) is 4.47 Å². The third-order valence-electron chi connectivity index (χ3n) is 2.94. The Morgan fingerprint density at radius 2 is 1.80 bits per heavy atom. The monoisotopic (exact) mass is 363 g/mol. The van der Waals surface area contributed by atoms with Crippen LogP contribution in [0.4, 0.5) is 13.2 Å². The van der Waals surface area contributed by atoms with E-state index in [-0.39, 0.29) is 22.6 Å². The van der Waals surface area contributed by atoms with Crippen molar-refractivity contribution < 1.29 is 13.2 Å². The maximum atomic E-state index is 14.0. The highest BCUT2D eigenvalue weighted by Gasteiger charge is 2.18. The minimum atomic E-state index is -0.966. The lowest BCUT2D eigenvalue weighted by molar-refractivity contribution is 0.492. The molecule has 0 aliphatic rings. The van der Waals surface area contributed by atoms with E-state index in [0.717, 1.165) is 6.07 Å². The van der Waals surface area contributed by atoms with Crippen LogP contribution in [0.1, 0.15) is 17.2 Å². The van der Waals surface area contributed by atoms with Gasteiger partial charge in [-0.2, -0.15) is 0 Å². The molecule has 0 fully saturated rings. The van der Waals surface area contributed by atoms with Crippen LogP contribution in [0.5, 0.6) is 0 Å². The highest BCUT2D eigenvalue weighted by molar-refractivity contribution is 9.10. The van der Waals surface area contributed by atoms with Gasteiger partial charge in [-0.1, -0.05) is 29.8 Å². The molecular formula is C14H10BrClF3N. The van der Waals surface area contributed by atoms with Crippen LogP contribution in [-0.4, -0.2) is 0 Å². The van der Waals surface area contributed by atoms with Crippen molar-refractivity contribution in [3.05, 3.63) is 68.4 Å². The van der Waals surface area contributed by atoms with E-state index in [4.69, 9.17) is 17.3 Å². The quantitative estimate of drug-likeness (QED) is 0.781. The number of hydrogen-bond donors (Lipinski definition) is 1. The zero-order valence-corrected chi connectivity index (χ0v) is 12.5. The molecular weight excluding hydrogens is 355 g/mol. The van der Waals surface area contributed by atoms with Gasteiger partial charge < -0.3 is 5.73 Å². The molecule has 0 saturated carbocycles. The van der Waals surface area contributed by atoms with Crippen LogP contribution in [0.15, 0.2) is 34.8 Å². The summed E-state index contributed by atoms with van der Waals surface area (Å²) in [5.74, 6) is -2.58. The standard InChI is InChI=1S/C14H10BrClF3N/c15-9-5-4-8(14(19)12(9)16)11(20)6-7-2-1-3-10(17)13(7)18/h1-5,11H,6,20H2. The molecule has 1 unspecified atom stereocenters. The van der Waals surface area contributed by atoms with Crippen LogP contribution in [0.2, 0.25) is 5.02 Å². The predicted octanol–water partition coefficient (Wildman–Crippen LogP) is 4.76. The van der Waals surface area contributed by atoms with Gasteiger partial charge in [0.05, 0.1) is 5.02 Å². The van der Waals surface area contributed by atoms with E-state index < -0.39 is 23.5 Å². The lowest BCUT2D eigenvalue weighted by Crippen LogP contribution is -2.16. The van der Waals surface area contributed by atoms with Crippen molar-refractivity contribution in [1.29, 1.82) is 0 Å². The second-order valence-electron chi connectivity index (χ2n) is 4.29. The van der Waals surface area contributed by atoms with Crippen LogP contribution in [0, 0.1) is 17.5 Å². The second kappa shape index (κ2) is 6.16. The van der Waals surface area contributed by atoms with Crippen molar-refractivity contribution in [2.45, 2.75) is 12.5 Å². The van der Waals surface area contributed by atoms with Gasteiger partial charge in [-0.25, -0.2) is 13.2 Å². The van der Waals surface area contributed by atoms with E-state index in [1.807, 2.05) is 0 Å². The molecule has 0 aromatic heterocycles. The predicted molar refractivity (Wildman–Crippen MR) is 76.1 cm³/mol. The van der Waals surface area contributed by atoms with Crippen LogP contribution in [0.3, 0.4) is 0 Å². The van der Waals surface area contributed by atoms with Gasteiger partial charge in [0, 0.05) is 16.1 Å². The van der Waals surface area contributed by atoms with Gasteiger partial charge in [0.1, 0.15) is 5.82 Å². The lowest BCUT2D eigenvalue weighted by Gasteiger charge is -2.15. The van der Waals surface area contributed by atoms with E-state index in [2.05, 4.69) is 15.9 Å². The fraction of sp³-hybridized carbons (Fsp3) is 0.143. The number of nitrogens with two attached hydrogens (primary N) is 1. The fourth-order valence-electron chi connectivity index (χ4n) is 1.88. The van der Waals surface area contributed by atoms with Crippen LogP contribution >= 0.6 is 27.5 Å². The largest absolute Gasteiger partial charge is 0.324 e. The second-order valence-corrected chi connectivity index (χ2v) is 5.52. The zero-order valence-electron chi connectivity index (χ0n) is 10.1. The molecule has 20 heavy (non-hydrogen) atoms. The first-order valence-corrected chi connectivity index (χ1v) is 6.90. The highest BCUT2D eigenvalue weighted by Crippen LogP contribution is 2.31. The Kier molecular flexibility index (Phi) is 4.73. The molecule has 2 rings (SSSR count). The van der Waals surface area contributed by atoms with Gasteiger partial charge in [0.2, 0.25) is 0 Å². The Morgan fingerprint density at radius 1 is 1.10 bits per heavy atom. The Balaban J connectivity index is 2.31. The molecule has 1 atom stereocenters. The highest BCUT2D eigenvalue weighted by atomic mass is 79.9. The summed E-state index contributed by atoms with van der Waals surface area (Å²) in [6.07, 6.45) is -0.0293. The van der Waals surface area contributed by atoms with Crippen molar-refractivity contribution in [2.24, 2.45) is 5.73 Å². The molecule has 106 valence electrons. The first kappa shape index (κ1) is 15.4. The summed E-state index contributed by atoms with van der Waals surface area (Å²) in [6, 6.07) is 6.01. The molecule has 0 saturated heterocycles. The summed E-state index contributed by atoms with van der Waals surface area (Å²) in [5, 5.41) is -0.0855. The zero-order chi connectivity index (χ0) is 14.9. The van der Waals surface area contributed by atoms with Gasteiger partial charge >= 0.3 is 0 Å². The molecule has 2 aromatic carbocycles. The van der Waals surface area contributed by atoms with E-state index >= 15 is 0 Å². The first-order valence-electron chi connectivity index (χ1n) is 5.73. The van der Waals surface area contributed by atoms with Crippen molar-refractivity contribution >= 4 is 27.5 Å². The minimum absolute atomic E-state index is 0.0293. The Hall–Kier alpha value is -1.04. The Labute approximate surface area is 127 Å². The van der Waals surface area contributed by atoms with Gasteiger partial charge in [0.25, 0.3) is 0 Å². The van der Waals surface area contributed by atoms with E-state index in [1.165, 1.54) is 18.2 Å². The molecule has 0 spiro atoms. The summed E-state index contributed by atoms with van der Waals surface area (Å²) >= 11 is 8.87. The smallest absolute Gasteiger partial charge is 0.162 e. The van der Waals surface area contributed by atoms with Gasteiger partial charge in [-0.3, -0.25) is 0 Å². The molecule has 2 aromatic rings. The summed E-state index contributed by atoms with van der Waals surface area (Å²) in [7, 11) is 0. The van der Waals surface area contributed by atoms with Crippen molar-refractivity contribution in [1.82, 2.24) is 0 Å². The molecule has 0 amide bonds. The molecule has 0 radical (unpaired) electrons. The molecule has 6 heteroatoms. The van der Waals surface area contributed by atoms with Crippen molar-refractivity contribution in [3.8, 4) is 0 Å². The minimum Gasteiger partial charge on any atom is -0.324 e. The number of benzene rings is 2. The first-order chi connectivity index (χ1) is 9.41. The van der Waals surface area contributed by atoms with Crippen LogP contribution < -0.4 is 5.73 Å². The van der Waals surface area contributed by atoms with E-state index in [9.17, 15) is 13.2 Å². The van der Waals surface area contributed by atoms with Crippen molar-refractivity contribution in [3.63, 3.8) is 0 Å². The normalized spacial score (nSPS) is 12.5. The summed E-state index contributed by atoms with van der Waals surface area (Å²) < 4.78 is 41.1. The summed E-state index contributed by atoms with van der Waals surface area (Å²) in [5.41, 5.74) is 6.11. The molecule has 0 aliphatic carbocycles. The topological polar surface area (TPSA) is 26.0 Å². The molecule has 1 nitrogen and oxygen atoms in total. The molecule has 0 bridgehead atoms. The molecule has 2 N–H and O–H groups in total. The van der Waals surface area contributed by atoms with Gasteiger partial charge in [0.15, 0.2) is 11.6 Å². The Bertz CT molecular complexity index is 649. The third kappa shape index (κ3) is 3.00. The van der Waals surface area contributed by atoms with E-state index in [1.54, 1.807) is 6.07 Å². The number of halogens is 5. The summed E-state index contributed by atoms with van der Waals surface area (Å²) in [6.45, 7) is 0.